The van der Waals surface area contributed by atoms with Gasteiger partial charge in [0, 0.05) is 42.6 Å². The van der Waals surface area contributed by atoms with Crippen LogP contribution in [0.15, 0.2) is 97.1 Å². The van der Waals surface area contributed by atoms with Gasteiger partial charge in [-0.25, -0.2) is 9.59 Å². The third kappa shape index (κ3) is 12.0. The molecule has 0 spiro atoms. The molecule has 0 unspecified atom stereocenters. The molecule has 57 heavy (non-hydrogen) atoms. The van der Waals surface area contributed by atoms with Crippen LogP contribution in [0.5, 0.6) is 5.75 Å². The van der Waals surface area contributed by atoms with Crippen LogP contribution in [-0.2, 0) is 30.5 Å². The third-order valence-corrected chi connectivity index (χ3v) is 9.30. The summed E-state index contributed by atoms with van der Waals surface area (Å²) in [5.41, 5.74) is 10.3. The molecule has 0 aliphatic heterocycles. The zero-order chi connectivity index (χ0) is 41.5. The van der Waals surface area contributed by atoms with Crippen molar-refractivity contribution in [2.75, 3.05) is 18.5 Å². The Bertz CT molecular complexity index is 1990. The van der Waals surface area contributed by atoms with Gasteiger partial charge in [0.15, 0.2) is 0 Å². The number of nitrogens with zero attached hydrogens (tertiary/aromatic N) is 1. The molecule has 0 saturated carbocycles. The maximum absolute atomic E-state index is 13.8. The minimum Gasteiger partial charge on any atom is -0.464 e. The summed E-state index contributed by atoms with van der Waals surface area (Å²) in [7, 11) is 0. The Morgan fingerprint density at radius 1 is 0.825 bits per heavy atom. The van der Waals surface area contributed by atoms with E-state index >= 15 is 0 Å². The second kappa shape index (κ2) is 20.9. The fourth-order valence-corrected chi connectivity index (χ4v) is 6.56. The summed E-state index contributed by atoms with van der Waals surface area (Å²) in [6.07, 6.45) is -0.686. The number of nitrogens with two attached hydrogens (primary N) is 1. The zero-order valence-electron chi connectivity index (χ0n) is 32.4. The van der Waals surface area contributed by atoms with E-state index in [0.29, 0.717) is 17.7 Å². The van der Waals surface area contributed by atoms with Gasteiger partial charge in [0.25, 0.3) is 5.69 Å². The van der Waals surface area contributed by atoms with Crippen molar-refractivity contribution in [1.29, 1.82) is 0 Å². The molecule has 1 aliphatic carbocycles. The highest BCUT2D eigenvalue weighted by atomic mass is 16.7. The van der Waals surface area contributed by atoms with E-state index < -0.39 is 52.5 Å². The lowest BCUT2D eigenvalue weighted by molar-refractivity contribution is -0.384. The number of carbonyl (C=O) groups is 5. The number of ketones is 1. The molecule has 4 aromatic rings. The minimum atomic E-state index is -1.10. The summed E-state index contributed by atoms with van der Waals surface area (Å²) in [5, 5.41) is 16.1. The van der Waals surface area contributed by atoms with Crippen molar-refractivity contribution in [3.05, 3.63) is 124 Å². The number of amides is 3. The van der Waals surface area contributed by atoms with Crippen LogP contribution in [0.2, 0.25) is 0 Å². The first kappa shape index (κ1) is 43.2. The fourth-order valence-electron chi connectivity index (χ4n) is 6.56. The largest absolute Gasteiger partial charge is 0.514 e. The third-order valence-electron chi connectivity index (χ3n) is 9.30. The van der Waals surface area contributed by atoms with E-state index in [0.717, 1.165) is 22.3 Å². The average molecular weight is 781 g/mol. The molecule has 4 aromatic carbocycles. The van der Waals surface area contributed by atoms with Crippen molar-refractivity contribution in [2.24, 2.45) is 23.5 Å². The molecule has 2 atom stereocenters. The summed E-state index contributed by atoms with van der Waals surface area (Å²) in [6.45, 7) is 7.62. The number of esters is 1. The van der Waals surface area contributed by atoms with Crippen LogP contribution in [0.4, 0.5) is 21.0 Å². The first-order valence-corrected chi connectivity index (χ1v) is 18.8. The molecule has 0 bridgehead atoms. The lowest BCUT2D eigenvalue weighted by atomic mass is 9.85. The Kier molecular flexibility index (Phi) is 15.8. The van der Waals surface area contributed by atoms with Gasteiger partial charge < -0.3 is 30.6 Å². The highest BCUT2D eigenvalue weighted by Gasteiger charge is 2.36. The number of nitrogens with one attached hydrogen (secondary N) is 2. The minimum absolute atomic E-state index is 0.0636. The number of Topliss-reactive ketones (excluding diaryl/α,β-unsaturated/α-hetero) is 1. The van der Waals surface area contributed by atoms with Gasteiger partial charge in [-0.15, -0.1) is 0 Å². The highest BCUT2D eigenvalue weighted by molar-refractivity contribution is 6.02. The predicted molar refractivity (Wildman–Crippen MR) is 213 cm³/mol. The number of anilines is 1. The van der Waals surface area contributed by atoms with E-state index in [1.165, 1.54) is 24.3 Å². The number of nitro benzene ring substituents is 1. The number of carbonyl (C=O) groups excluding carboxylic acids is 5. The first-order chi connectivity index (χ1) is 27.4. The number of rotatable bonds is 17. The molecule has 4 N–H and O–H groups in total. The smallest absolute Gasteiger partial charge is 0.464 e. The summed E-state index contributed by atoms with van der Waals surface area (Å²) in [4.78, 5) is 74.5. The van der Waals surface area contributed by atoms with Gasteiger partial charge in [-0.1, -0.05) is 88.4 Å². The molecule has 3 amide bonds. The van der Waals surface area contributed by atoms with Crippen LogP contribution in [0.3, 0.4) is 0 Å². The number of hydrogen-bond donors (Lipinski definition) is 3. The molecule has 0 saturated heterocycles. The van der Waals surface area contributed by atoms with Crippen LogP contribution in [0.25, 0.3) is 11.1 Å². The molecular weight excluding hydrogens is 732 g/mol. The number of benzene rings is 4. The Labute approximate surface area is 331 Å². The number of fused-ring (bicyclic) bond motifs is 3. The standard InChI is InChI=1S/C41H42N4O10.C2H6/c1-25(2)37(39(48)53-24-35-33-11-5-3-9-31(33)32-10-4-6-12-34(32)35)36(46)22-27(8-7-21-43-40(42)49)38(47)44-28-15-13-26(14-16-28)23-54-41(50)55-30-19-17-29(18-20-30)45(51)52;1-2/h3-6,9-20,25,27,35,37H,7-8,21-24H2,1-2H3,(H,44,47)(H3,42,43,49);1-2H3/t27-,37+;/m1./s1. The summed E-state index contributed by atoms with van der Waals surface area (Å²) in [5.74, 6) is -3.98. The Morgan fingerprint density at radius 3 is 1.98 bits per heavy atom. The number of hydrogen-bond acceptors (Lipinski definition) is 10. The van der Waals surface area contributed by atoms with Crippen molar-refractivity contribution in [2.45, 2.75) is 59.5 Å². The predicted octanol–water partition coefficient (Wildman–Crippen LogP) is 7.93. The number of urea groups is 1. The van der Waals surface area contributed by atoms with Gasteiger partial charge >= 0.3 is 18.2 Å². The van der Waals surface area contributed by atoms with E-state index in [9.17, 15) is 34.1 Å². The second-order valence-electron chi connectivity index (χ2n) is 13.5. The molecule has 5 rings (SSSR count). The molecule has 0 aromatic heterocycles. The lowest BCUT2D eigenvalue weighted by Crippen LogP contribution is -2.35. The van der Waals surface area contributed by atoms with Gasteiger partial charge in [0.05, 0.1) is 4.92 Å². The first-order valence-electron chi connectivity index (χ1n) is 18.8. The number of primary amides is 1. The van der Waals surface area contributed by atoms with Crippen molar-refractivity contribution < 1.29 is 43.1 Å². The molecule has 1 aliphatic rings. The monoisotopic (exact) mass is 780 g/mol. The fraction of sp³-hybridized carbons (Fsp3) is 0.326. The normalized spacial score (nSPS) is 12.4. The molecule has 0 heterocycles. The van der Waals surface area contributed by atoms with Crippen LogP contribution in [0, 0.1) is 27.9 Å². The van der Waals surface area contributed by atoms with E-state index in [-0.39, 0.29) is 50.0 Å². The summed E-state index contributed by atoms with van der Waals surface area (Å²) < 4.78 is 16.0. The van der Waals surface area contributed by atoms with Gasteiger partial charge in [-0.05, 0) is 70.8 Å². The molecular formula is C43H48N4O10. The van der Waals surface area contributed by atoms with E-state index in [1.54, 1.807) is 38.1 Å². The molecule has 14 nitrogen and oxygen atoms in total. The van der Waals surface area contributed by atoms with Crippen LogP contribution in [-0.4, -0.2) is 47.9 Å². The van der Waals surface area contributed by atoms with Gasteiger partial charge in [0.1, 0.15) is 30.7 Å². The molecule has 14 heteroatoms. The average Bonchev–Trinajstić information content (AvgIpc) is 3.52. The topological polar surface area (TPSA) is 206 Å². The molecule has 0 fully saturated rings. The molecule has 0 radical (unpaired) electrons. The van der Waals surface area contributed by atoms with Gasteiger partial charge in [0.2, 0.25) is 5.91 Å². The molecule has 300 valence electrons. The van der Waals surface area contributed by atoms with E-state index in [1.807, 2.05) is 62.4 Å². The van der Waals surface area contributed by atoms with Gasteiger partial charge in [-0.3, -0.25) is 24.5 Å². The quantitative estimate of drug-likeness (QED) is 0.0236. The zero-order valence-corrected chi connectivity index (χ0v) is 32.4. The number of ether oxygens (including phenoxy) is 3. The van der Waals surface area contributed by atoms with E-state index in [4.69, 9.17) is 19.9 Å². The van der Waals surface area contributed by atoms with Crippen molar-refractivity contribution in [3.8, 4) is 16.9 Å². The Hall–Kier alpha value is -6.57. The van der Waals surface area contributed by atoms with Gasteiger partial charge in [-0.2, -0.15) is 0 Å². The van der Waals surface area contributed by atoms with Crippen LogP contribution in [0.1, 0.15) is 69.6 Å². The van der Waals surface area contributed by atoms with Crippen molar-refractivity contribution in [1.82, 2.24) is 5.32 Å². The second-order valence-corrected chi connectivity index (χ2v) is 13.5. The number of nitro groups is 1. The van der Waals surface area contributed by atoms with E-state index in [2.05, 4.69) is 10.6 Å². The highest BCUT2D eigenvalue weighted by Crippen LogP contribution is 2.44. The van der Waals surface area contributed by atoms with Crippen LogP contribution < -0.4 is 21.1 Å². The Balaban J connectivity index is 0.00000354. The summed E-state index contributed by atoms with van der Waals surface area (Å²) in [6, 6.07) is 26.6. The maximum Gasteiger partial charge on any atom is 0.514 e. The van der Waals surface area contributed by atoms with Crippen molar-refractivity contribution in [3.63, 3.8) is 0 Å². The number of non-ortho nitro benzene ring substituents is 1. The lowest BCUT2D eigenvalue weighted by Gasteiger charge is -2.23. The maximum atomic E-state index is 13.8. The summed E-state index contributed by atoms with van der Waals surface area (Å²) >= 11 is 0. The SMILES string of the molecule is CC.CC(C)[C@@H](C(=O)C[C@@H](CCCNC(N)=O)C(=O)Nc1ccc(COC(=O)Oc2ccc([N+](=O)[O-])cc2)cc1)C(=O)OCC1c2ccccc2-c2ccccc21. The van der Waals surface area contributed by atoms with Crippen LogP contribution >= 0.6 is 0 Å². The van der Waals surface area contributed by atoms with Crippen molar-refractivity contribution >= 4 is 41.2 Å². The Morgan fingerprint density at radius 2 is 1.42 bits per heavy atom.